The van der Waals surface area contributed by atoms with Crippen LogP contribution in [-0.4, -0.2) is 112 Å². The zero-order chi connectivity index (χ0) is 29.6. The molecule has 1 N–H and O–H groups in total. The first-order chi connectivity index (χ1) is 19.6. The van der Waals surface area contributed by atoms with Crippen LogP contribution >= 0.6 is 0 Å². The molecule has 2 aromatic carbocycles. The number of ether oxygens (including phenoxy) is 3. The smallest absolute Gasteiger partial charge is 0.247 e. The maximum atomic E-state index is 13.7. The van der Waals surface area contributed by atoms with Crippen molar-refractivity contribution in [2.75, 3.05) is 66.7 Å². The minimum absolute atomic E-state index is 0.00364. The molecule has 10 nitrogen and oxygen atoms in total. The Labute approximate surface area is 242 Å². The summed E-state index contributed by atoms with van der Waals surface area (Å²) in [6.45, 7) is 6.55. The molecule has 2 heterocycles. The van der Waals surface area contributed by atoms with E-state index in [9.17, 15) is 18.3 Å². The van der Waals surface area contributed by atoms with Crippen molar-refractivity contribution in [3.63, 3.8) is 0 Å². The highest BCUT2D eigenvalue weighted by Crippen LogP contribution is 2.34. The average molecular weight is 586 g/mol. The van der Waals surface area contributed by atoms with Gasteiger partial charge in [-0.3, -0.25) is 9.69 Å². The van der Waals surface area contributed by atoms with Gasteiger partial charge in [0.25, 0.3) is 0 Å². The lowest BCUT2D eigenvalue weighted by Gasteiger charge is -2.38. The summed E-state index contributed by atoms with van der Waals surface area (Å²) >= 11 is 0. The van der Waals surface area contributed by atoms with Gasteiger partial charge in [-0.25, -0.2) is 8.42 Å². The number of benzene rings is 2. The molecule has 1 amide bonds. The van der Waals surface area contributed by atoms with Gasteiger partial charge in [-0.05, 0) is 43.3 Å². The number of carbonyl (C=O) groups excluding carboxylic acids is 1. The molecular formula is C30H39N3O7S. The van der Waals surface area contributed by atoms with E-state index < -0.39 is 22.2 Å². The normalized spacial score (nSPS) is 21.7. The van der Waals surface area contributed by atoms with Crippen LogP contribution in [-0.2, 0) is 19.6 Å². The van der Waals surface area contributed by atoms with E-state index in [-0.39, 0.29) is 48.7 Å². The quantitative estimate of drug-likeness (QED) is 0.489. The second-order valence-electron chi connectivity index (χ2n) is 10.5. The Bertz CT molecular complexity index is 1380. The Kier molecular flexibility index (Phi) is 10.3. The van der Waals surface area contributed by atoms with Crippen LogP contribution in [0.5, 0.6) is 11.5 Å². The lowest BCUT2D eigenvalue weighted by molar-refractivity contribution is -0.133. The first-order valence-electron chi connectivity index (χ1n) is 13.8. The molecule has 0 bridgehead atoms. The van der Waals surface area contributed by atoms with Gasteiger partial charge in [-0.1, -0.05) is 24.8 Å². The van der Waals surface area contributed by atoms with Gasteiger partial charge in [-0.15, -0.1) is 0 Å². The molecule has 4 rings (SSSR count). The van der Waals surface area contributed by atoms with Gasteiger partial charge >= 0.3 is 0 Å². The summed E-state index contributed by atoms with van der Waals surface area (Å²) in [6.07, 6.45) is -0.502. The van der Waals surface area contributed by atoms with Gasteiger partial charge in [-0.2, -0.15) is 4.31 Å². The number of methoxy groups -OCH3 is 1. The number of hydrogen-bond donors (Lipinski definition) is 1. The van der Waals surface area contributed by atoms with Gasteiger partial charge in [0.05, 0.1) is 40.0 Å². The summed E-state index contributed by atoms with van der Waals surface area (Å²) in [5, 5.41) is 9.88. The van der Waals surface area contributed by atoms with E-state index in [1.165, 1.54) is 10.4 Å². The molecule has 2 aliphatic rings. The third kappa shape index (κ3) is 7.58. The third-order valence-electron chi connectivity index (χ3n) is 7.43. The van der Waals surface area contributed by atoms with Crippen molar-refractivity contribution in [1.29, 1.82) is 0 Å². The van der Waals surface area contributed by atoms with E-state index in [1.807, 2.05) is 31.2 Å². The lowest BCUT2D eigenvalue weighted by Crippen LogP contribution is -2.51. The van der Waals surface area contributed by atoms with Gasteiger partial charge < -0.3 is 24.2 Å². The number of carbonyl (C=O) groups is 1. The SMILES string of the molecule is COc1cccc(C#Cc2ccc3c(c2)O[C@H](CN(C)C(=O)CN2CCOCC2)[C@@H](C)CN([C@@H](C)CO)S3(=O)=O)c1. The predicted octanol–water partition coefficient (Wildman–Crippen LogP) is 1.65. The van der Waals surface area contributed by atoms with Gasteiger partial charge in [0.2, 0.25) is 15.9 Å². The molecule has 1 fully saturated rings. The summed E-state index contributed by atoms with van der Waals surface area (Å²) < 4.78 is 45.9. The topological polar surface area (TPSA) is 109 Å². The molecule has 0 aliphatic carbocycles. The number of fused-ring (bicyclic) bond motifs is 1. The molecule has 222 valence electrons. The van der Waals surface area contributed by atoms with E-state index in [1.54, 1.807) is 38.1 Å². The Hall–Kier alpha value is -3.14. The number of morpholine rings is 1. The lowest BCUT2D eigenvalue weighted by atomic mass is 10.0. The van der Waals surface area contributed by atoms with Crippen LogP contribution in [0.2, 0.25) is 0 Å². The summed E-state index contributed by atoms with van der Waals surface area (Å²) in [5.74, 6) is 6.71. The molecular weight excluding hydrogens is 546 g/mol. The van der Waals surface area contributed by atoms with Crippen LogP contribution in [0.3, 0.4) is 0 Å². The van der Waals surface area contributed by atoms with Gasteiger partial charge in [0, 0.05) is 49.8 Å². The van der Waals surface area contributed by atoms with E-state index in [0.717, 1.165) is 5.56 Å². The second kappa shape index (κ2) is 13.7. The Balaban J connectivity index is 1.65. The van der Waals surface area contributed by atoms with E-state index >= 15 is 0 Å². The first-order valence-corrected chi connectivity index (χ1v) is 15.2. The molecule has 0 aromatic heterocycles. The number of amides is 1. The maximum Gasteiger partial charge on any atom is 0.247 e. The number of aliphatic hydroxyl groups is 1. The van der Waals surface area contributed by atoms with Crippen LogP contribution in [0.1, 0.15) is 25.0 Å². The number of aliphatic hydroxyl groups excluding tert-OH is 1. The number of sulfonamides is 1. The van der Waals surface area contributed by atoms with Crippen LogP contribution < -0.4 is 9.47 Å². The number of likely N-dealkylation sites (N-methyl/N-ethyl adjacent to an activating group) is 1. The highest BCUT2D eigenvalue weighted by atomic mass is 32.2. The fraction of sp³-hybridized carbons (Fsp3) is 0.500. The van der Waals surface area contributed by atoms with E-state index in [2.05, 4.69) is 16.7 Å². The molecule has 0 unspecified atom stereocenters. The van der Waals surface area contributed by atoms with Crippen molar-refractivity contribution in [3.05, 3.63) is 53.6 Å². The van der Waals surface area contributed by atoms with Crippen molar-refractivity contribution < 1.29 is 32.5 Å². The molecule has 2 aliphatic heterocycles. The number of rotatable bonds is 7. The van der Waals surface area contributed by atoms with Crippen molar-refractivity contribution in [2.24, 2.45) is 5.92 Å². The van der Waals surface area contributed by atoms with Crippen molar-refractivity contribution in [3.8, 4) is 23.3 Å². The van der Waals surface area contributed by atoms with Crippen molar-refractivity contribution in [1.82, 2.24) is 14.1 Å². The molecule has 2 aromatic rings. The van der Waals surface area contributed by atoms with Crippen molar-refractivity contribution >= 4 is 15.9 Å². The molecule has 1 saturated heterocycles. The molecule has 41 heavy (non-hydrogen) atoms. The average Bonchev–Trinajstić information content (AvgIpc) is 2.97. The summed E-state index contributed by atoms with van der Waals surface area (Å²) in [4.78, 5) is 16.8. The van der Waals surface area contributed by atoms with Crippen molar-refractivity contribution in [2.45, 2.75) is 30.9 Å². The van der Waals surface area contributed by atoms with Crippen LogP contribution in [0.15, 0.2) is 47.4 Å². The Morgan fingerprint density at radius 1 is 1.17 bits per heavy atom. The van der Waals surface area contributed by atoms with Crippen LogP contribution in [0.4, 0.5) is 0 Å². The van der Waals surface area contributed by atoms with Gasteiger partial charge in [0.1, 0.15) is 22.5 Å². The molecule has 3 atom stereocenters. The fourth-order valence-corrected chi connectivity index (χ4v) is 6.64. The summed E-state index contributed by atoms with van der Waals surface area (Å²) in [5.41, 5.74) is 1.33. The van der Waals surface area contributed by atoms with Gasteiger partial charge in [0.15, 0.2) is 0 Å². The van der Waals surface area contributed by atoms with Crippen LogP contribution in [0, 0.1) is 17.8 Å². The molecule has 0 spiro atoms. The van der Waals surface area contributed by atoms with E-state index in [0.29, 0.717) is 37.6 Å². The molecule has 0 saturated carbocycles. The third-order valence-corrected chi connectivity index (χ3v) is 9.45. The summed E-state index contributed by atoms with van der Waals surface area (Å²) in [7, 11) is -0.658. The zero-order valence-electron chi connectivity index (χ0n) is 24.1. The van der Waals surface area contributed by atoms with E-state index in [4.69, 9.17) is 14.2 Å². The predicted molar refractivity (Wildman–Crippen MR) is 154 cm³/mol. The highest BCUT2D eigenvalue weighted by Gasteiger charge is 2.38. The minimum atomic E-state index is -3.98. The zero-order valence-corrected chi connectivity index (χ0v) is 24.9. The number of hydrogen-bond acceptors (Lipinski definition) is 8. The first kappa shape index (κ1) is 30.8. The Morgan fingerprint density at radius 2 is 1.88 bits per heavy atom. The Morgan fingerprint density at radius 3 is 2.56 bits per heavy atom. The minimum Gasteiger partial charge on any atom is -0.497 e. The van der Waals surface area contributed by atoms with Crippen LogP contribution in [0.25, 0.3) is 0 Å². The molecule has 0 radical (unpaired) electrons. The largest absolute Gasteiger partial charge is 0.497 e. The monoisotopic (exact) mass is 585 g/mol. The fourth-order valence-electron chi connectivity index (χ4n) is 4.81. The second-order valence-corrected chi connectivity index (χ2v) is 12.4. The molecule has 11 heteroatoms. The number of nitrogens with zero attached hydrogens (tertiary/aromatic N) is 3. The summed E-state index contributed by atoms with van der Waals surface area (Å²) in [6, 6.07) is 11.5. The standard InChI is InChI=1S/C30H39N3O7S/c1-22-18-33(23(2)21-34)41(36,37)29-11-10-25(9-8-24-6-5-7-26(16-24)38-4)17-27(29)40-28(22)19-31(3)30(35)20-32-12-14-39-15-13-32/h5-7,10-11,16-17,22-23,28,34H,12-15,18-21H2,1-4H3/t22-,23-,28+/m0/s1. The highest BCUT2D eigenvalue weighted by molar-refractivity contribution is 7.89. The maximum absolute atomic E-state index is 13.7.